The Hall–Kier alpha value is -3.26. The average Bonchev–Trinajstić information content (AvgIpc) is 3.87. The lowest BCUT2D eigenvalue weighted by Crippen LogP contribution is -2.55. The van der Waals surface area contributed by atoms with Gasteiger partial charge in [-0.1, -0.05) is 59.5 Å². The topological polar surface area (TPSA) is 131 Å². The fraction of sp³-hybridized carbons (Fsp3) is 0.553. The zero-order valence-electron chi connectivity index (χ0n) is 28.8. The molecule has 0 bridgehead atoms. The highest BCUT2D eigenvalue weighted by atomic mass is 32.1. The van der Waals surface area contributed by atoms with Crippen molar-refractivity contribution in [3.8, 4) is 17.0 Å². The van der Waals surface area contributed by atoms with Crippen LogP contribution >= 0.6 is 11.2 Å². The lowest BCUT2D eigenvalue weighted by atomic mass is 9.89. The van der Waals surface area contributed by atoms with Crippen molar-refractivity contribution in [3.05, 3.63) is 70.3 Å². The molecule has 2 fully saturated rings. The second kappa shape index (κ2) is 17.4. The fourth-order valence-electron chi connectivity index (χ4n) is 5.60. The quantitative estimate of drug-likeness (QED) is 0.206. The number of aryl methyl sites for hydroxylation is 2. The number of hydrogen-bond acceptors (Lipinski definition) is 7. The van der Waals surface area contributed by atoms with E-state index in [0.29, 0.717) is 44.8 Å². The van der Waals surface area contributed by atoms with Crippen LogP contribution in [0.2, 0.25) is 0 Å². The highest BCUT2D eigenvalue weighted by molar-refractivity contribution is 7.87. The van der Waals surface area contributed by atoms with Crippen LogP contribution in [0.4, 0.5) is 0 Å². The third kappa shape index (κ3) is 10.9. The van der Waals surface area contributed by atoms with Crippen molar-refractivity contribution in [1.82, 2.24) is 15.5 Å². The number of amides is 2. The first-order valence-electron chi connectivity index (χ1n) is 16.8. The monoisotopic (exact) mass is 677 g/mol. The lowest BCUT2D eigenvalue weighted by molar-refractivity contribution is -0.209. The van der Waals surface area contributed by atoms with Gasteiger partial charge < -0.3 is 30.7 Å². The van der Waals surface area contributed by atoms with Crippen LogP contribution in [0, 0.1) is 29.9 Å². The van der Waals surface area contributed by atoms with Crippen LogP contribution < -0.4 is 10.6 Å². The number of nitrogens with one attached hydrogen (secondary N) is 2. The maximum atomic E-state index is 12.7. The molecule has 0 aromatic heterocycles. The van der Waals surface area contributed by atoms with Crippen LogP contribution in [-0.2, 0) is 27.2 Å². The molecule has 2 amide bonds. The normalized spacial score (nSPS) is 22.3. The Bertz CT molecular complexity index is 1540. The zero-order chi connectivity index (χ0) is 34.8. The first-order chi connectivity index (χ1) is 22.9. The van der Waals surface area contributed by atoms with E-state index in [1.54, 1.807) is 20.1 Å². The molecule has 2 aliphatic rings. The molecule has 1 aliphatic heterocycles. The van der Waals surface area contributed by atoms with E-state index in [1.165, 1.54) is 24.0 Å². The van der Waals surface area contributed by atoms with E-state index in [0.717, 1.165) is 34.2 Å². The third-order valence-corrected chi connectivity index (χ3v) is 9.34. The molecule has 5 N–H and O–H groups in total. The Morgan fingerprint density at radius 2 is 1.75 bits per heavy atom. The van der Waals surface area contributed by atoms with Gasteiger partial charge in [0.15, 0.2) is 0 Å². The van der Waals surface area contributed by atoms with Crippen LogP contribution in [0.1, 0.15) is 73.5 Å². The number of carbonyl (C=O) groups is 2. The van der Waals surface area contributed by atoms with Gasteiger partial charge in [-0.2, -0.15) is 0 Å². The minimum atomic E-state index is -1.34. The summed E-state index contributed by atoms with van der Waals surface area (Å²) in [6, 6.07) is 14.2. The van der Waals surface area contributed by atoms with Crippen molar-refractivity contribution in [3.63, 3.8) is 0 Å². The van der Waals surface area contributed by atoms with Crippen LogP contribution in [-0.4, -0.2) is 94.9 Å². The minimum Gasteiger partial charge on any atom is -0.387 e. The van der Waals surface area contributed by atoms with E-state index < -0.39 is 36.1 Å². The first kappa shape index (κ1) is 37.6. The Balaban J connectivity index is 1.22. The van der Waals surface area contributed by atoms with E-state index in [1.807, 2.05) is 32.2 Å². The number of likely N-dealkylation sites (N-methyl/N-ethyl adjacent to an activating group) is 1. The zero-order valence-corrected chi connectivity index (χ0v) is 29.6. The van der Waals surface area contributed by atoms with Gasteiger partial charge in [0.25, 0.3) is 0 Å². The Morgan fingerprint density at radius 3 is 2.44 bits per heavy atom. The van der Waals surface area contributed by atoms with Gasteiger partial charge in [-0.15, -0.1) is 11.2 Å². The molecule has 1 saturated carbocycles. The van der Waals surface area contributed by atoms with E-state index >= 15 is 0 Å². The molecule has 2 aromatic rings. The molecule has 5 atom stereocenters. The first-order valence-corrected chi connectivity index (χ1v) is 18.0. The molecule has 1 unspecified atom stereocenters. The molecule has 10 heteroatoms. The van der Waals surface area contributed by atoms with Gasteiger partial charge in [-0.25, -0.2) is 0 Å². The van der Waals surface area contributed by atoms with Crippen molar-refractivity contribution in [2.75, 3.05) is 32.9 Å². The molecule has 2 aromatic carbocycles. The van der Waals surface area contributed by atoms with Crippen molar-refractivity contribution in [2.24, 2.45) is 5.92 Å². The Morgan fingerprint density at radius 1 is 1.04 bits per heavy atom. The predicted molar refractivity (Wildman–Crippen MR) is 190 cm³/mol. The van der Waals surface area contributed by atoms with E-state index in [2.05, 4.69) is 56.8 Å². The second-order valence-corrected chi connectivity index (χ2v) is 14.2. The Kier molecular flexibility index (Phi) is 13.6. The third-order valence-electron chi connectivity index (χ3n) is 8.87. The SMILES string of the molecule is CS#CC1O[C@@H](c2ccc(C)c(Cc3ccc(CCCC(=O)NC(C)(C)C(=O)NCCN(C)CC#CC4CC4)cc3)c2)[C@H](O)[C@@H](O)[C@@H]1O. The number of hydrogen-bond donors (Lipinski definition) is 5. The predicted octanol–water partition coefficient (Wildman–Crippen LogP) is 3.11. The van der Waals surface area contributed by atoms with Gasteiger partial charge in [0.1, 0.15) is 36.1 Å². The van der Waals surface area contributed by atoms with Gasteiger partial charge in [-0.05, 0) is 87.7 Å². The van der Waals surface area contributed by atoms with Gasteiger partial charge in [0.05, 0.1) is 6.54 Å². The molecular formula is C38H51N3O6S. The summed E-state index contributed by atoms with van der Waals surface area (Å²) < 4.78 is 5.96. The minimum absolute atomic E-state index is 0.153. The summed E-state index contributed by atoms with van der Waals surface area (Å²) in [6.07, 6.45) is 1.15. The number of benzene rings is 2. The molecular weight excluding hydrogens is 627 g/mol. The number of carbonyl (C=O) groups excluding carboxylic acids is 2. The van der Waals surface area contributed by atoms with Gasteiger partial charge in [0, 0.05) is 31.7 Å². The van der Waals surface area contributed by atoms with Crippen molar-refractivity contribution < 1.29 is 29.6 Å². The Labute approximate surface area is 289 Å². The summed E-state index contributed by atoms with van der Waals surface area (Å²) in [7, 11) is 1.98. The molecule has 260 valence electrons. The van der Waals surface area contributed by atoms with E-state index in [4.69, 9.17) is 4.74 Å². The average molecular weight is 678 g/mol. The molecule has 4 rings (SSSR count). The molecule has 1 heterocycles. The number of aliphatic hydroxyl groups is 3. The van der Waals surface area contributed by atoms with E-state index in [9.17, 15) is 24.9 Å². The van der Waals surface area contributed by atoms with Crippen LogP contribution in [0.15, 0.2) is 42.5 Å². The number of rotatable bonds is 13. The molecule has 48 heavy (non-hydrogen) atoms. The van der Waals surface area contributed by atoms with Gasteiger partial charge in [-0.3, -0.25) is 14.5 Å². The van der Waals surface area contributed by atoms with Crippen LogP contribution in [0.25, 0.3) is 0 Å². The van der Waals surface area contributed by atoms with Crippen molar-refractivity contribution in [1.29, 1.82) is 0 Å². The van der Waals surface area contributed by atoms with E-state index in [-0.39, 0.29) is 11.8 Å². The lowest BCUT2D eigenvalue weighted by Gasteiger charge is -2.39. The summed E-state index contributed by atoms with van der Waals surface area (Å²) >= 11 is 1.27. The highest BCUT2D eigenvalue weighted by Gasteiger charge is 2.43. The maximum Gasteiger partial charge on any atom is 0.245 e. The summed E-state index contributed by atoms with van der Waals surface area (Å²) in [6.45, 7) is 7.33. The number of nitrogens with zero attached hydrogens (tertiary/aromatic N) is 1. The van der Waals surface area contributed by atoms with Crippen LogP contribution in [0.5, 0.6) is 0 Å². The largest absolute Gasteiger partial charge is 0.387 e. The highest BCUT2D eigenvalue weighted by Crippen LogP contribution is 2.34. The molecule has 1 aliphatic carbocycles. The number of aliphatic hydroxyl groups excluding tert-OH is 3. The summed E-state index contributed by atoms with van der Waals surface area (Å²) in [5, 5.41) is 40.1. The summed E-state index contributed by atoms with van der Waals surface area (Å²) in [5.41, 5.74) is 4.13. The standard InChI is InChI=1S/C38H51N3O6S/c1-25-11-18-29(36-35(45)34(44)33(43)31(47-36)24-48-5)23-30(25)22-28-16-14-26(15-17-28)8-6-10-32(42)40-38(2,3)37(46)39-19-21-41(4)20-7-9-27-12-13-27/h11,14-18,23,27,31,33-36,43-45H,6,8,10,12-13,19-22H2,1-5H3,(H,39,46)(H,40,42)/t31?,33-,34+,35-,36+/m1/s1. The number of ether oxygens (including phenoxy) is 1. The summed E-state index contributed by atoms with van der Waals surface area (Å²) in [5.74, 6) is 6.65. The fourth-order valence-corrected chi connectivity index (χ4v) is 6.03. The molecule has 9 nitrogen and oxygen atoms in total. The molecule has 1 saturated heterocycles. The van der Waals surface area contributed by atoms with Gasteiger partial charge >= 0.3 is 0 Å². The van der Waals surface area contributed by atoms with Gasteiger partial charge in [0.2, 0.25) is 11.8 Å². The molecule has 0 spiro atoms. The van der Waals surface area contributed by atoms with Crippen molar-refractivity contribution >= 4 is 23.0 Å². The second-order valence-electron chi connectivity index (χ2n) is 13.6. The smallest absolute Gasteiger partial charge is 0.245 e. The maximum absolute atomic E-state index is 12.7. The van der Waals surface area contributed by atoms with Crippen LogP contribution in [0.3, 0.4) is 0 Å². The molecule has 0 radical (unpaired) electrons. The van der Waals surface area contributed by atoms with Crippen molar-refractivity contribution in [2.45, 2.75) is 95.4 Å². The summed E-state index contributed by atoms with van der Waals surface area (Å²) in [4.78, 5) is 27.5.